The molecular formula is C17H26F3NO4Si. The number of amides is 1. The van der Waals surface area contributed by atoms with E-state index in [1.807, 2.05) is 33.9 Å². The second kappa shape index (κ2) is 7.97. The van der Waals surface area contributed by atoms with Crippen molar-refractivity contribution in [3.63, 3.8) is 0 Å². The summed E-state index contributed by atoms with van der Waals surface area (Å²) in [6.07, 6.45) is -6.72. The topological polar surface area (TPSA) is 78.8 Å². The molecule has 0 aliphatic carbocycles. The molecule has 0 bridgehead atoms. The summed E-state index contributed by atoms with van der Waals surface area (Å²) in [6.45, 7) is 9.30. The minimum absolute atomic E-state index is 0.208. The smallest absolute Gasteiger partial charge is 0.416 e. The first-order valence-electron chi connectivity index (χ1n) is 8.14. The normalized spacial score (nSPS) is 15.4. The summed E-state index contributed by atoms with van der Waals surface area (Å²) in [4.78, 5) is 11.0. The molecule has 0 aliphatic rings. The van der Waals surface area contributed by atoms with Crippen LogP contribution >= 0.6 is 0 Å². The van der Waals surface area contributed by atoms with E-state index >= 15 is 0 Å². The van der Waals surface area contributed by atoms with Gasteiger partial charge in [-0.25, -0.2) is 4.79 Å². The van der Waals surface area contributed by atoms with Crippen LogP contribution in [-0.2, 0) is 10.6 Å². The van der Waals surface area contributed by atoms with Gasteiger partial charge in [-0.1, -0.05) is 32.9 Å². The van der Waals surface area contributed by atoms with Gasteiger partial charge in [-0.05, 0) is 35.8 Å². The Balaban J connectivity index is 3.29. The van der Waals surface area contributed by atoms with Crippen molar-refractivity contribution in [2.45, 2.75) is 57.2 Å². The molecule has 1 amide bonds. The van der Waals surface area contributed by atoms with Crippen LogP contribution in [0.3, 0.4) is 0 Å². The van der Waals surface area contributed by atoms with Crippen LogP contribution in [0, 0.1) is 0 Å². The van der Waals surface area contributed by atoms with E-state index in [1.165, 1.54) is 12.1 Å². The van der Waals surface area contributed by atoms with E-state index in [0.717, 1.165) is 12.1 Å². The minimum atomic E-state index is -4.47. The Kier molecular flexibility index (Phi) is 6.89. The van der Waals surface area contributed by atoms with Gasteiger partial charge in [0.1, 0.15) is 0 Å². The molecule has 148 valence electrons. The SMILES string of the molecule is CC(C)(C)[Si](C)(C)O[C@H](c1ccc(C(F)(F)F)cc1)[C@@H](CO)NC(=O)O. The van der Waals surface area contributed by atoms with Gasteiger partial charge in [-0.2, -0.15) is 13.2 Å². The highest BCUT2D eigenvalue weighted by molar-refractivity contribution is 6.74. The third-order valence-electron chi connectivity index (χ3n) is 4.67. The molecule has 9 heteroatoms. The lowest BCUT2D eigenvalue weighted by Crippen LogP contribution is -2.49. The highest BCUT2D eigenvalue weighted by Crippen LogP contribution is 2.41. The molecule has 0 saturated heterocycles. The number of benzene rings is 1. The van der Waals surface area contributed by atoms with Gasteiger partial charge >= 0.3 is 12.3 Å². The molecule has 0 spiro atoms. The van der Waals surface area contributed by atoms with Crippen LogP contribution in [0.5, 0.6) is 0 Å². The number of nitrogens with one attached hydrogen (secondary N) is 1. The van der Waals surface area contributed by atoms with Crippen molar-refractivity contribution in [3.8, 4) is 0 Å². The van der Waals surface area contributed by atoms with E-state index in [4.69, 9.17) is 9.53 Å². The van der Waals surface area contributed by atoms with Crippen LogP contribution in [0.1, 0.15) is 38.0 Å². The van der Waals surface area contributed by atoms with Gasteiger partial charge in [0.2, 0.25) is 0 Å². The van der Waals surface area contributed by atoms with E-state index < -0.39 is 44.9 Å². The zero-order valence-electron chi connectivity index (χ0n) is 15.5. The van der Waals surface area contributed by atoms with Crippen molar-refractivity contribution in [3.05, 3.63) is 35.4 Å². The van der Waals surface area contributed by atoms with E-state index in [2.05, 4.69) is 5.32 Å². The third kappa shape index (κ3) is 5.71. The van der Waals surface area contributed by atoms with Crippen LogP contribution in [-0.4, -0.2) is 37.3 Å². The lowest BCUT2D eigenvalue weighted by atomic mass is 10.0. The van der Waals surface area contributed by atoms with Gasteiger partial charge in [-0.3, -0.25) is 0 Å². The molecule has 0 aliphatic heterocycles. The monoisotopic (exact) mass is 393 g/mol. The molecule has 0 unspecified atom stereocenters. The van der Waals surface area contributed by atoms with Gasteiger partial charge in [0.05, 0.1) is 24.3 Å². The van der Waals surface area contributed by atoms with Crippen molar-refractivity contribution in [1.82, 2.24) is 5.32 Å². The summed E-state index contributed by atoms with van der Waals surface area (Å²) < 4.78 is 44.6. The first-order valence-corrected chi connectivity index (χ1v) is 11.0. The number of alkyl halides is 3. The fourth-order valence-corrected chi connectivity index (χ4v) is 3.40. The number of halogens is 3. The van der Waals surface area contributed by atoms with Gasteiger partial charge in [0, 0.05) is 0 Å². The van der Waals surface area contributed by atoms with Gasteiger partial charge < -0.3 is 20.0 Å². The predicted octanol–water partition coefficient (Wildman–Crippen LogP) is 4.40. The molecular weight excluding hydrogens is 367 g/mol. The average molecular weight is 393 g/mol. The number of carbonyl (C=O) groups is 1. The first kappa shape index (κ1) is 22.5. The maximum Gasteiger partial charge on any atom is 0.416 e. The third-order valence-corrected chi connectivity index (χ3v) is 9.12. The van der Waals surface area contributed by atoms with E-state index in [9.17, 15) is 23.1 Å². The number of aliphatic hydroxyl groups excluding tert-OH is 1. The molecule has 1 aromatic carbocycles. The summed E-state index contributed by atoms with van der Waals surface area (Å²) in [6, 6.07) is 3.36. The average Bonchev–Trinajstić information content (AvgIpc) is 2.48. The van der Waals surface area contributed by atoms with Crippen LogP contribution in [0.4, 0.5) is 18.0 Å². The Morgan fingerprint density at radius 3 is 2.04 bits per heavy atom. The Labute approximate surface area is 152 Å². The lowest BCUT2D eigenvalue weighted by molar-refractivity contribution is -0.137. The van der Waals surface area contributed by atoms with Gasteiger partial charge in [0.15, 0.2) is 8.32 Å². The number of aliphatic hydroxyl groups is 1. The standard InChI is InChI=1S/C17H26F3NO4Si/c1-16(2,3)26(4,5)25-14(13(10-22)21-15(23)24)11-6-8-12(9-7-11)17(18,19)20/h6-9,13-14,21-22H,10H2,1-5H3,(H,23,24)/t13-,14-/m1/s1. The zero-order valence-corrected chi connectivity index (χ0v) is 16.5. The largest absolute Gasteiger partial charge is 0.465 e. The second-order valence-electron chi connectivity index (χ2n) is 7.66. The molecule has 2 atom stereocenters. The van der Waals surface area contributed by atoms with Gasteiger partial charge in [0.25, 0.3) is 0 Å². The highest BCUT2D eigenvalue weighted by Gasteiger charge is 2.41. The molecule has 1 aromatic rings. The molecule has 26 heavy (non-hydrogen) atoms. The molecule has 0 fully saturated rings. The predicted molar refractivity (Wildman–Crippen MR) is 94.5 cm³/mol. The molecule has 0 aromatic heterocycles. The highest BCUT2D eigenvalue weighted by atomic mass is 28.4. The molecule has 5 nitrogen and oxygen atoms in total. The van der Waals surface area contributed by atoms with Crippen molar-refractivity contribution in [2.24, 2.45) is 0 Å². The maximum atomic E-state index is 12.8. The maximum absolute atomic E-state index is 12.8. The summed E-state index contributed by atoms with van der Waals surface area (Å²) in [5, 5.41) is 20.6. The van der Waals surface area contributed by atoms with Gasteiger partial charge in [-0.15, -0.1) is 0 Å². The summed E-state index contributed by atoms with van der Waals surface area (Å²) in [7, 11) is -2.40. The Morgan fingerprint density at radius 1 is 1.19 bits per heavy atom. The molecule has 0 heterocycles. The summed E-state index contributed by atoms with van der Waals surface area (Å²) in [5.74, 6) is 0. The Bertz CT molecular complexity index is 612. The van der Waals surface area contributed by atoms with Crippen molar-refractivity contribution in [2.75, 3.05) is 6.61 Å². The number of hydrogen-bond donors (Lipinski definition) is 3. The number of rotatable bonds is 6. The van der Waals surface area contributed by atoms with Crippen molar-refractivity contribution >= 4 is 14.4 Å². The minimum Gasteiger partial charge on any atom is -0.465 e. The summed E-state index contributed by atoms with van der Waals surface area (Å²) in [5.41, 5.74) is -0.435. The molecule has 3 N–H and O–H groups in total. The fourth-order valence-electron chi connectivity index (χ4n) is 2.11. The summed E-state index contributed by atoms with van der Waals surface area (Å²) >= 11 is 0. The van der Waals surface area contributed by atoms with Crippen LogP contribution in [0.2, 0.25) is 18.1 Å². The quantitative estimate of drug-likeness (QED) is 0.626. The second-order valence-corrected chi connectivity index (χ2v) is 12.4. The molecule has 1 rings (SSSR count). The van der Waals surface area contributed by atoms with E-state index in [1.54, 1.807) is 0 Å². The lowest BCUT2D eigenvalue weighted by Gasteiger charge is -2.41. The zero-order chi connectivity index (χ0) is 20.3. The van der Waals surface area contributed by atoms with Crippen molar-refractivity contribution in [1.29, 1.82) is 0 Å². The fraction of sp³-hybridized carbons (Fsp3) is 0.588. The Hall–Kier alpha value is -1.58. The first-order chi connectivity index (χ1) is 11.7. The van der Waals surface area contributed by atoms with Crippen LogP contribution in [0.15, 0.2) is 24.3 Å². The van der Waals surface area contributed by atoms with Crippen LogP contribution < -0.4 is 5.32 Å². The van der Waals surface area contributed by atoms with E-state index in [-0.39, 0.29) is 5.04 Å². The van der Waals surface area contributed by atoms with Crippen LogP contribution in [0.25, 0.3) is 0 Å². The van der Waals surface area contributed by atoms with E-state index in [0.29, 0.717) is 5.56 Å². The number of carboxylic acid groups (broad SMARTS) is 1. The molecule has 0 saturated carbocycles. The van der Waals surface area contributed by atoms with Crippen molar-refractivity contribution < 1.29 is 32.6 Å². The molecule has 0 radical (unpaired) electrons. The number of hydrogen-bond acceptors (Lipinski definition) is 3. The Morgan fingerprint density at radius 2 is 1.69 bits per heavy atom.